The van der Waals surface area contributed by atoms with Gasteiger partial charge in [-0.3, -0.25) is 0 Å². The van der Waals surface area contributed by atoms with Crippen molar-refractivity contribution < 1.29 is 8.78 Å². The van der Waals surface area contributed by atoms with Crippen LogP contribution >= 0.6 is 11.8 Å². The standard InChI is InChI=1S/C12H17F2NS/c1-9-5-6-10(13)12(11(9)14)15-7-3-4-8-16-2/h5-6,15H,3-4,7-8H2,1-2H3. The van der Waals surface area contributed by atoms with Gasteiger partial charge in [0.1, 0.15) is 11.5 Å². The van der Waals surface area contributed by atoms with Crippen LogP contribution in [0.1, 0.15) is 18.4 Å². The number of unbranched alkanes of at least 4 members (excludes halogenated alkanes) is 1. The molecule has 0 bridgehead atoms. The molecule has 0 aliphatic heterocycles. The molecule has 16 heavy (non-hydrogen) atoms. The van der Waals surface area contributed by atoms with Crippen LogP contribution in [0.4, 0.5) is 14.5 Å². The third-order valence-corrected chi connectivity index (χ3v) is 3.06. The number of anilines is 1. The van der Waals surface area contributed by atoms with Gasteiger partial charge >= 0.3 is 0 Å². The lowest BCUT2D eigenvalue weighted by Crippen LogP contribution is -2.06. The van der Waals surface area contributed by atoms with E-state index >= 15 is 0 Å². The Morgan fingerprint density at radius 2 is 2.00 bits per heavy atom. The van der Waals surface area contributed by atoms with Crippen LogP contribution in [-0.4, -0.2) is 18.6 Å². The Balaban J connectivity index is 2.50. The maximum Gasteiger partial charge on any atom is 0.152 e. The van der Waals surface area contributed by atoms with Crippen LogP contribution in [0.2, 0.25) is 0 Å². The summed E-state index contributed by atoms with van der Waals surface area (Å²) in [5, 5.41) is 2.82. The first kappa shape index (κ1) is 13.3. The summed E-state index contributed by atoms with van der Waals surface area (Å²) in [4.78, 5) is 0. The molecular formula is C12H17F2NS. The number of hydrogen-bond donors (Lipinski definition) is 1. The van der Waals surface area contributed by atoms with E-state index in [0.29, 0.717) is 12.1 Å². The lowest BCUT2D eigenvalue weighted by molar-refractivity contribution is 0.581. The van der Waals surface area contributed by atoms with Crippen LogP contribution in [0, 0.1) is 18.6 Å². The van der Waals surface area contributed by atoms with E-state index in [1.54, 1.807) is 18.7 Å². The first-order valence-corrected chi connectivity index (χ1v) is 6.73. The number of halogens is 2. The molecule has 0 aliphatic rings. The largest absolute Gasteiger partial charge is 0.380 e. The molecule has 1 aromatic rings. The van der Waals surface area contributed by atoms with Gasteiger partial charge in [-0.2, -0.15) is 11.8 Å². The molecule has 0 heterocycles. The van der Waals surface area contributed by atoms with E-state index in [0.717, 1.165) is 18.6 Å². The maximum absolute atomic E-state index is 13.5. The van der Waals surface area contributed by atoms with E-state index in [2.05, 4.69) is 5.32 Å². The Kier molecular flexibility index (Phi) is 5.60. The molecule has 1 rings (SSSR count). The Morgan fingerprint density at radius 1 is 1.25 bits per heavy atom. The normalized spacial score (nSPS) is 10.5. The van der Waals surface area contributed by atoms with Crippen LogP contribution in [0.5, 0.6) is 0 Å². The number of aryl methyl sites for hydroxylation is 1. The van der Waals surface area contributed by atoms with Crippen LogP contribution < -0.4 is 5.32 Å². The van der Waals surface area contributed by atoms with Crippen molar-refractivity contribution in [2.45, 2.75) is 19.8 Å². The fourth-order valence-electron chi connectivity index (χ4n) is 1.40. The Labute approximate surface area is 99.6 Å². The molecule has 4 heteroatoms. The van der Waals surface area contributed by atoms with Crippen molar-refractivity contribution in [2.24, 2.45) is 0 Å². The van der Waals surface area contributed by atoms with E-state index in [4.69, 9.17) is 0 Å². The highest BCUT2D eigenvalue weighted by Gasteiger charge is 2.10. The molecule has 1 N–H and O–H groups in total. The van der Waals surface area contributed by atoms with Crippen LogP contribution in [0.25, 0.3) is 0 Å². The molecule has 0 saturated heterocycles. The SMILES string of the molecule is CSCCCCNc1c(F)ccc(C)c1F. The quantitative estimate of drug-likeness (QED) is 0.764. The van der Waals surface area contributed by atoms with Gasteiger partial charge in [0.2, 0.25) is 0 Å². The zero-order valence-corrected chi connectivity index (χ0v) is 10.5. The van der Waals surface area contributed by atoms with Gasteiger partial charge in [-0.1, -0.05) is 6.07 Å². The van der Waals surface area contributed by atoms with Gasteiger partial charge in [-0.15, -0.1) is 0 Å². The second-order valence-corrected chi connectivity index (χ2v) is 4.67. The van der Waals surface area contributed by atoms with Crippen LogP contribution in [0.15, 0.2) is 12.1 Å². The molecular weight excluding hydrogens is 228 g/mol. The van der Waals surface area contributed by atoms with Crippen molar-refractivity contribution in [1.29, 1.82) is 0 Å². The van der Waals surface area contributed by atoms with Gasteiger partial charge in [0.05, 0.1) is 0 Å². The Morgan fingerprint density at radius 3 is 2.69 bits per heavy atom. The molecule has 0 spiro atoms. The fraction of sp³-hybridized carbons (Fsp3) is 0.500. The summed E-state index contributed by atoms with van der Waals surface area (Å²) in [6.07, 6.45) is 4.03. The molecule has 1 nitrogen and oxygen atoms in total. The molecule has 0 saturated carbocycles. The molecule has 0 aromatic heterocycles. The molecule has 0 amide bonds. The first-order chi connectivity index (χ1) is 7.66. The second kappa shape index (κ2) is 6.74. The second-order valence-electron chi connectivity index (χ2n) is 3.68. The predicted octanol–water partition coefficient (Wildman–Crippen LogP) is 3.83. The average molecular weight is 245 g/mol. The molecule has 0 radical (unpaired) electrons. The van der Waals surface area contributed by atoms with Gasteiger partial charge in [0.25, 0.3) is 0 Å². The van der Waals surface area contributed by atoms with Gasteiger partial charge in [-0.05, 0) is 43.4 Å². The smallest absolute Gasteiger partial charge is 0.152 e. The Hall–Kier alpha value is -0.770. The summed E-state index contributed by atoms with van der Waals surface area (Å²) < 4.78 is 26.8. The average Bonchev–Trinajstić information content (AvgIpc) is 2.28. The molecule has 90 valence electrons. The minimum Gasteiger partial charge on any atom is -0.380 e. The highest BCUT2D eigenvalue weighted by Crippen LogP contribution is 2.21. The number of rotatable bonds is 6. The summed E-state index contributed by atoms with van der Waals surface area (Å²) >= 11 is 1.78. The summed E-state index contributed by atoms with van der Waals surface area (Å²) in [6.45, 7) is 2.24. The summed E-state index contributed by atoms with van der Waals surface area (Å²) in [5.41, 5.74) is 0.470. The summed E-state index contributed by atoms with van der Waals surface area (Å²) in [7, 11) is 0. The molecule has 0 atom stereocenters. The first-order valence-electron chi connectivity index (χ1n) is 5.34. The van der Waals surface area contributed by atoms with Gasteiger partial charge < -0.3 is 5.32 Å². The van der Waals surface area contributed by atoms with Gasteiger partial charge in [0.15, 0.2) is 5.82 Å². The minimum absolute atomic E-state index is 0.00384. The van der Waals surface area contributed by atoms with E-state index in [9.17, 15) is 8.78 Å². The predicted molar refractivity (Wildman–Crippen MR) is 67.2 cm³/mol. The molecule has 0 aliphatic carbocycles. The summed E-state index contributed by atoms with van der Waals surface area (Å²) in [5.74, 6) is 0.0818. The number of benzene rings is 1. The maximum atomic E-state index is 13.5. The third kappa shape index (κ3) is 3.67. The number of hydrogen-bond acceptors (Lipinski definition) is 2. The highest BCUT2D eigenvalue weighted by atomic mass is 32.2. The summed E-state index contributed by atoms with van der Waals surface area (Å²) in [6, 6.07) is 2.74. The van der Waals surface area contributed by atoms with Crippen molar-refractivity contribution >= 4 is 17.4 Å². The van der Waals surface area contributed by atoms with E-state index < -0.39 is 11.6 Å². The highest BCUT2D eigenvalue weighted by molar-refractivity contribution is 7.98. The lowest BCUT2D eigenvalue weighted by atomic mass is 10.2. The van der Waals surface area contributed by atoms with Crippen LogP contribution in [0.3, 0.4) is 0 Å². The Bertz CT molecular complexity index is 342. The van der Waals surface area contributed by atoms with Crippen molar-refractivity contribution in [3.8, 4) is 0 Å². The zero-order valence-electron chi connectivity index (χ0n) is 9.65. The minimum atomic E-state index is -0.520. The molecule has 0 fully saturated rings. The van der Waals surface area contributed by atoms with Gasteiger partial charge in [-0.25, -0.2) is 8.78 Å². The number of thioether (sulfide) groups is 1. The van der Waals surface area contributed by atoms with Crippen LogP contribution in [-0.2, 0) is 0 Å². The van der Waals surface area contributed by atoms with Crippen molar-refractivity contribution in [2.75, 3.05) is 23.9 Å². The topological polar surface area (TPSA) is 12.0 Å². The monoisotopic (exact) mass is 245 g/mol. The number of nitrogens with one attached hydrogen (secondary N) is 1. The molecule has 0 unspecified atom stereocenters. The van der Waals surface area contributed by atoms with E-state index in [1.807, 2.05) is 6.26 Å². The van der Waals surface area contributed by atoms with Crippen molar-refractivity contribution in [3.05, 3.63) is 29.3 Å². The lowest BCUT2D eigenvalue weighted by Gasteiger charge is -2.09. The zero-order chi connectivity index (χ0) is 12.0. The van der Waals surface area contributed by atoms with E-state index in [-0.39, 0.29) is 5.69 Å². The van der Waals surface area contributed by atoms with Crippen molar-refractivity contribution in [3.63, 3.8) is 0 Å². The van der Waals surface area contributed by atoms with E-state index in [1.165, 1.54) is 12.1 Å². The van der Waals surface area contributed by atoms with Gasteiger partial charge in [0, 0.05) is 6.54 Å². The van der Waals surface area contributed by atoms with Crippen molar-refractivity contribution in [1.82, 2.24) is 0 Å². The molecule has 1 aromatic carbocycles. The third-order valence-electron chi connectivity index (χ3n) is 2.36. The fourth-order valence-corrected chi connectivity index (χ4v) is 1.90.